The Morgan fingerprint density at radius 3 is 0.900 bits per heavy atom. The molecule has 12 nitrogen and oxygen atoms in total. The average Bonchev–Trinajstić information content (AvgIpc) is 2.77. The first-order valence-corrected chi connectivity index (χ1v) is 7.80. The molecule has 0 unspecified atom stereocenters. The Kier molecular flexibility index (Phi) is 10.8. The van der Waals surface area contributed by atoms with Crippen LogP contribution in [0.5, 0.6) is 0 Å². The lowest BCUT2D eigenvalue weighted by molar-refractivity contribution is -0.142. The summed E-state index contributed by atoms with van der Waals surface area (Å²) in [7, 11) is 5.59. The number of carbonyl (C=O) groups is 6. The number of rotatable bonds is 8. The maximum atomic E-state index is 12.5. The summed E-state index contributed by atoms with van der Waals surface area (Å²) in [6.45, 7) is 0. The fourth-order valence-electron chi connectivity index (χ4n) is 1.94. The summed E-state index contributed by atoms with van der Waals surface area (Å²) in [5.41, 5.74) is -3.50. The van der Waals surface area contributed by atoms with E-state index < -0.39 is 58.1 Å². The molecule has 0 aliphatic carbocycles. The SMILES string of the molecule is COC(=O)/C=C(C(=O)OC)/C(C(=O)OC)=C(C(=O)OC)/C(=C/C(=O)OC)C(=O)OC. The van der Waals surface area contributed by atoms with Crippen LogP contribution >= 0.6 is 0 Å². The molecular weight excluding hydrogens is 408 g/mol. The van der Waals surface area contributed by atoms with Crippen LogP contribution < -0.4 is 0 Å². The molecule has 0 aliphatic rings. The second-order valence-electron chi connectivity index (χ2n) is 4.88. The van der Waals surface area contributed by atoms with E-state index >= 15 is 0 Å². The third-order valence-corrected chi connectivity index (χ3v) is 3.31. The van der Waals surface area contributed by atoms with E-state index in [0.717, 1.165) is 42.7 Å². The first-order valence-electron chi connectivity index (χ1n) is 7.80. The normalized spacial score (nSPS) is 12.1. The first kappa shape index (κ1) is 26.0. The zero-order chi connectivity index (χ0) is 23.4. The molecule has 12 heteroatoms. The van der Waals surface area contributed by atoms with Crippen LogP contribution in [0.1, 0.15) is 0 Å². The minimum atomic E-state index is -1.35. The van der Waals surface area contributed by atoms with Gasteiger partial charge in [-0.25, -0.2) is 28.8 Å². The molecule has 164 valence electrons. The highest BCUT2D eigenvalue weighted by molar-refractivity contribution is 6.19. The van der Waals surface area contributed by atoms with Gasteiger partial charge in [-0.3, -0.25) is 0 Å². The van der Waals surface area contributed by atoms with Gasteiger partial charge in [-0.1, -0.05) is 0 Å². The van der Waals surface area contributed by atoms with Gasteiger partial charge in [-0.15, -0.1) is 0 Å². The van der Waals surface area contributed by atoms with Gasteiger partial charge in [0.15, 0.2) is 0 Å². The van der Waals surface area contributed by atoms with Crippen LogP contribution in [0.15, 0.2) is 34.4 Å². The topological polar surface area (TPSA) is 158 Å². The van der Waals surface area contributed by atoms with Crippen LogP contribution in [0.3, 0.4) is 0 Å². The summed E-state index contributed by atoms with van der Waals surface area (Å²) >= 11 is 0. The molecule has 0 spiro atoms. The number of carbonyl (C=O) groups excluding carboxylic acids is 6. The molecule has 0 amide bonds. The lowest BCUT2D eigenvalue weighted by Crippen LogP contribution is -2.25. The van der Waals surface area contributed by atoms with Gasteiger partial charge < -0.3 is 28.4 Å². The number of ether oxygens (including phenoxy) is 6. The summed E-state index contributed by atoms with van der Waals surface area (Å²) < 4.78 is 27.0. The second kappa shape index (κ2) is 12.5. The molecule has 0 aliphatic heterocycles. The van der Waals surface area contributed by atoms with Crippen LogP contribution in [0.25, 0.3) is 0 Å². The van der Waals surface area contributed by atoms with Gasteiger partial charge in [0.2, 0.25) is 0 Å². The van der Waals surface area contributed by atoms with E-state index in [9.17, 15) is 28.8 Å². The largest absolute Gasteiger partial charge is 0.466 e. The Hall–Kier alpha value is -3.96. The highest BCUT2D eigenvalue weighted by atomic mass is 16.5. The van der Waals surface area contributed by atoms with Crippen LogP contribution in [0, 0.1) is 0 Å². The van der Waals surface area contributed by atoms with E-state index in [1.54, 1.807) is 0 Å². The van der Waals surface area contributed by atoms with Crippen LogP contribution in [0.4, 0.5) is 0 Å². The molecule has 0 aromatic carbocycles. The van der Waals surface area contributed by atoms with Crippen molar-refractivity contribution in [1.29, 1.82) is 0 Å². The molecule has 0 heterocycles. The van der Waals surface area contributed by atoms with E-state index in [0.29, 0.717) is 12.2 Å². The summed E-state index contributed by atoms with van der Waals surface area (Å²) in [6, 6.07) is 0. The Morgan fingerprint density at radius 1 is 0.433 bits per heavy atom. The summed E-state index contributed by atoms with van der Waals surface area (Å²) in [6.07, 6.45) is 1.04. The predicted octanol–water partition coefficient (Wildman–Crippen LogP) is -0.826. The molecular formula is C18H20O12. The Bertz CT molecular complexity index is 760. The van der Waals surface area contributed by atoms with Crippen molar-refractivity contribution in [3.63, 3.8) is 0 Å². The smallest absolute Gasteiger partial charge is 0.339 e. The average molecular weight is 428 g/mol. The standard InChI is InChI=1S/C18H20O12/c1-25-11(19)7-9(15(21)27-3)13(17(23)29-5)14(18(24)30-6)10(16(22)28-4)8-12(20)26-2/h7-8H,1-6H3/b9-7-,10-8-,14-13+. The molecule has 0 saturated heterocycles. The maximum Gasteiger partial charge on any atom is 0.339 e. The second-order valence-corrected chi connectivity index (χ2v) is 4.88. The molecule has 0 aromatic rings. The zero-order valence-electron chi connectivity index (χ0n) is 17.1. The summed E-state index contributed by atoms with van der Waals surface area (Å²) in [5.74, 6) is -7.48. The molecule has 0 fully saturated rings. The molecule has 0 saturated carbocycles. The molecule has 0 bridgehead atoms. The van der Waals surface area contributed by atoms with Gasteiger partial charge >= 0.3 is 35.8 Å². The van der Waals surface area contributed by atoms with Gasteiger partial charge in [0.25, 0.3) is 0 Å². The zero-order valence-corrected chi connectivity index (χ0v) is 17.1. The van der Waals surface area contributed by atoms with Gasteiger partial charge in [-0.05, 0) is 0 Å². The van der Waals surface area contributed by atoms with E-state index in [2.05, 4.69) is 28.4 Å². The minimum absolute atomic E-state index is 0.522. The van der Waals surface area contributed by atoms with Crippen molar-refractivity contribution in [3.8, 4) is 0 Å². The van der Waals surface area contributed by atoms with Crippen molar-refractivity contribution in [2.45, 2.75) is 0 Å². The summed E-state index contributed by atoms with van der Waals surface area (Å²) in [5, 5.41) is 0. The third kappa shape index (κ3) is 6.58. The number of hydrogen-bond acceptors (Lipinski definition) is 12. The molecule has 0 N–H and O–H groups in total. The van der Waals surface area contributed by atoms with Gasteiger partial charge in [-0.2, -0.15) is 0 Å². The first-order chi connectivity index (χ1) is 14.1. The van der Waals surface area contributed by atoms with Crippen LogP contribution in [-0.4, -0.2) is 78.5 Å². The maximum absolute atomic E-state index is 12.5. The van der Waals surface area contributed by atoms with E-state index in [1.165, 1.54) is 0 Å². The van der Waals surface area contributed by atoms with Crippen molar-refractivity contribution >= 4 is 35.8 Å². The molecule has 0 radical (unpaired) electrons. The minimum Gasteiger partial charge on any atom is -0.466 e. The highest BCUT2D eigenvalue weighted by Gasteiger charge is 2.35. The Morgan fingerprint density at radius 2 is 0.700 bits per heavy atom. The van der Waals surface area contributed by atoms with Gasteiger partial charge in [0.1, 0.15) is 0 Å². The van der Waals surface area contributed by atoms with Crippen molar-refractivity contribution in [1.82, 2.24) is 0 Å². The quantitative estimate of drug-likeness (QED) is 0.205. The third-order valence-electron chi connectivity index (χ3n) is 3.31. The van der Waals surface area contributed by atoms with Crippen molar-refractivity contribution in [2.75, 3.05) is 42.7 Å². The lowest BCUT2D eigenvalue weighted by Gasteiger charge is -2.15. The van der Waals surface area contributed by atoms with Gasteiger partial charge in [0.05, 0.1) is 65.0 Å². The van der Waals surface area contributed by atoms with Crippen molar-refractivity contribution in [3.05, 3.63) is 34.4 Å². The van der Waals surface area contributed by atoms with Crippen LogP contribution in [-0.2, 0) is 57.2 Å². The van der Waals surface area contributed by atoms with E-state index in [-0.39, 0.29) is 0 Å². The highest BCUT2D eigenvalue weighted by Crippen LogP contribution is 2.26. The van der Waals surface area contributed by atoms with Crippen molar-refractivity contribution in [2.24, 2.45) is 0 Å². The predicted molar refractivity (Wildman–Crippen MR) is 95.3 cm³/mol. The number of esters is 6. The van der Waals surface area contributed by atoms with Crippen molar-refractivity contribution < 1.29 is 57.2 Å². The Labute approximate surface area is 171 Å². The van der Waals surface area contributed by atoms with Crippen LogP contribution in [0.2, 0.25) is 0 Å². The Balaban J connectivity index is 7.61. The number of hydrogen-bond donors (Lipinski definition) is 0. The fraction of sp³-hybridized carbons (Fsp3) is 0.333. The van der Waals surface area contributed by atoms with Gasteiger partial charge in [0, 0.05) is 12.2 Å². The lowest BCUT2D eigenvalue weighted by atomic mass is 9.93. The number of methoxy groups -OCH3 is 6. The monoisotopic (exact) mass is 428 g/mol. The molecule has 30 heavy (non-hydrogen) atoms. The molecule has 0 aromatic heterocycles. The van der Waals surface area contributed by atoms with E-state index in [1.807, 2.05) is 0 Å². The summed E-state index contributed by atoms with van der Waals surface area (Å²) in [4.78, 5) is 73.0. The molecule has 0 rings (SSSR count). The fourth-order valence-corrected chi connectivity index (χ4v) is 1.94. The van der Waals surface area contributed by atoms with E-state index in [4.69, 9.17) is 0 Å². The molecule has 0 atom stereocenters.